The van der Waals surface area contributed by atoms with E-state index in [1.165, 1.54) is 0 Å². The van der Waals surface area contributed by atoms with Gasteiger partial charge in [0.1, 0.15) is 5.92 Å². The zero-order valence-corrected chi connectivity index (χ0v) is 8.83. The normalized spacial score (nSPS) is 44.4. The molecule has 2 saturated carbocycles. The molecule has 0 spiro atoms. The van der Waals surface area contributed by atoms with Gasteiger partial charge in [0.2, 0.25) is 0 Å². The molecular weight excluding hydrogens is 180 g/mol. The van der Waals surface area contributed by atoms with Crippen molar-refractivity contribution < 1.29 is 14.7 Å². The Bertz CT molecular complexity index is 318. The van der Waals surface area contributed by atoms with E-state index < -0.39 is 17.3 Å². The van der Waals surface area contributed by atoms with Crippen LogP contribution >= 0.6 is 0 Å². The molecule has 14 heavy (non-hydrogen) atoms. The Labute approximate surface area is 83.5 Å². The molecule has 78 valence electrons. The highest BCUT2D eigenvalue weighted by atomic mass is 16.4. The molecule has 0 aromatic rings. The Morgan fingerprint density at radius 1 is 1.43 bits per heavy atom. The molecule has 0 aromatic heterocycles. The second kappa shape index (κ2) is 2.38. The van der Waals surface area contributed by atoms with Crippen molar-refractivity contribution in [1.82, 2.24) is 0 Å². The van der Waals surface area contributed by atoms with Gasteiger partial charge >= 0.3 is 5.97 Å². The first-order valence-electron chi connectivity index (χ1n) is 5.09. The highest BCUT2D eigenvalue weighted by molar-refractivity contribution is 6.04. The fraction of sp³-hybridized carbons (Fsp3) is 0.818. The van der Waals surface area contributed by atoms with Gasteiger partial charge in [0.25, 0.3) is 0 Å². The van der Waals surface area contributed by atoms with E-state index in [1.807, 2.05) is 20.8 Å². The molecule has 1 N–H and O–H groups in total. The number of Topliss-reactive ketones (excluding diaryl/α,β-unsaturated/α-hetero) is 1. The van der Waals surface area contributed by atoms with Gasteiger partial charge in [-0.2, -0.15) is 0 Å². The predicted molar refractivity (Wildman–Crippen MR) is 50.7 cm³/mol. The second-order valence-corrected chi connectivity index (χ2v) is 5.38. The van der Waals surface area contributed by atoms with Crippen molar-refractivity contribution in [2.75, 3.05) is 0 Å². The first kappa shape index (κ1) is 9.69. The van der Waals surface area contributed by atoms with Gasteiger partial charge in [-0.3, -0.25) is 9.59 Å². The summed E-state index contributed by atoms with van der Waals surface area (Å²) in [5, 5.41) is 9.03. The molecule has 3 heteroatoms. The number of carboxylic acid groups (broad SMARTS) is 1. The van der Waals surface area contributed by atoms with Crippen molar-refractivity contribution in [3.8, 4) is 0 Å². The molecule has 0 heterocycles. The quantitative estimate of drug-likeness (QED) is 0.649. The Kier molecular flexibility index (Phi) is 1.65. The predicted octanol–water partition coefficient (Wildman–Crippen LogP) is 1.71. The summed E-state index contributed by atoms with van der Waals surface area (Å²) in [6, 6.07) is 0. The number of carbonyl (C=O) groups excluding carboxylic acids is 1. The second-order valence-electron chi connectivity index (χ2n) is 5.38. The van der Waals surface area contributed by atoms with Crippen LogP contribution in [0.4, 0.5) is 0 Å². The van der Waals surface area contributed by atoms with Crippen molar-refractivity contribution in [2.45, 2.75) is 33.6 Å². The van der Waals surface area contributed by atoms with Crippen LogP contribution in [0.5, 0.6) is 0 Å². The third kappa shape index (κ3) is 0.787. The number of ketones is 1. The monoisotopic (exact) mass is 196 g/mol. The molecule has 2 aliphatic rings. The van der Waals surface area contributed by atoms with Gasteiger partial charge in [-0.1, -0.05) is 20.8 Å². The molecule has 2 fully saturated rings. The number of aliphatic carboxylic acids is 1. The number of hydrogen-bond donors (Lipinski definition) is 1. The molecule has 0 amide bonds. The standard InChI is InChI=1S/C11H16O3/c1-10(2)6-4-5-11(10,3)8(12)7(6)9(13)14/h6-7H,4-5H2,1-3H3,(H,13,14)/t6?,7-,11?/m1/s1. The average molecular weight is 196 g/mol. The lowest BCUT2D eigenvalue weighted by atomic mass is 9.70. The molecule has 3 atom stereocenters. The Hall–Kier alpha value is -0.860. The number of fused-ring (bicyclic) bond motifs is 2. The van der Waals surface area contributed by atoms with E-state index in [9.17, 15) is 9.59 Å². The van der Waals surface area contributed by atoms with E-state index in [0.29, 0.717) is 0 Å². The lowest BCUT2D eigenvalue weighted by molar-refractivity contribution is -0.149. The number of rotatable bonds is 1. The van der Waals surface area contributed by atoms with Crippen LogP contribution in [-0.2, 0) is 9.59 Å². The number of hydrogen-bond acceptors (Lipinski definition) is 2. The van der Waals surface area contributed by atoms with E-state index in [1.54, 1.807) is 0 Å². The summed E-state index contributed by atoms with van der Waals surface area (Å²) in [5.74, 6) is -1.69. The maximum atomic E-state index is 12.0. The van der Waals surface area contributed by atoms with Crippen molar-refractivity contribution in [2.24, 2.45) is 22.7 Å². The molecule has 3 nitrogen and oxygen atoms in total. The summed E-state index contributed by atoms with van der Waals surface area (Å²) >= 11 is 0. The third-order valence-electron chi connectivity index (χ3n) is 4.80. The van der Waals surface area contributed by atoms with Crippen LogP contribution in [-0.4, -0.2) is 16.9 Å². The first-order chi connectivity index (χ1) is 6.32. The summed E-state index contributed by atoms with van der Waals surface area (Å²) in [4.78, 5) is 23.0. The fourth-order valence-corrected chi connectivity index (χ4v) is 3.37. The van der Waals surface area contributed by atoms with E-state index >= 15 is 0 Å². The van der Waals surface area contributed by atoms with Gasteiger partial charge in [-0.25, -0.2) is 0 Å². The van der Waals surface area contributed by atoms with Gasteiger partial charge in [-0.05, 0) is 24.2 Å². The van der Waals surface area contributed by atoms with Crippen LogP contribution in [0.15, 0.2) is 0 Å². The van der Waals surface area contributed by atoms with E-state index in [0.717, 1.165) is 12.8 Å². The highest BCUT2D eigenvalue weighted by Gasteiger charge is 2.68. The molecular formula is C11H16O3. The van der Waals surface area contributed by atoms with Gasteiger partial charge < -0.3 is 5.11 Å². The minimum absolute atomic E-state index is 0.0394. The largest absolute Gasteiger partial charge is 0.481 e. The maximum absolute atomic E-state index is 12.0. The summed E-state index contributed by atoms with van der Waals surface area (Å²) < 4.78 is 0. The first-order valence-corrected chi connectivity index (χ1v) is 5.09. The molecule has 0 saturated heterocycles. The number of carbonyl (C=O) groups is 2. The lowest BCUT2D eigenvalue weighted by Gasteiger charge is -2.32. The maximum Gasteiger partial charge on any atom is 0.314 e. The van der Waals surface area contributed by atoms with Crippen LogP contribution in [0, 0.1) is 22.7 Å². The van der Waals surface area contributed by atoms with Gasteiger partial charge in [0.15, 0.2) is 5.78 Å². The zero-order valence-electron chi connectivity index (χ0n) is 8.83. The summed E-state index contributed by atoms with van der Waals surface area (Å²) in [5.41, 5.74) is -0.548. The van der Waals surface area contributed by atoms with Gasteiger partial charge in [0, 0.05) is 5.41 Å². The SMILES string of the molecule is CC12CCC([C@@H](C(=O)O)C1=O)C2(C)C. The van der Waals surface area contributed by atoms with E-state index in [4.69, 9.17) is 5.11 Å². The molecule has 0 aromatic carbocycles. The smallest absolute Gasteiger partial charge is 0.314 e. The molecule has 2 aliphatic carbocycles. The van der Waals surface area contributed by atoms with Crippen molar-refractivity contribution in [3.05, 3.63) is 0 Å². The van der Waals surface area contributed by atoms with Crippen molar-refractivity contribution in [1.29, 1.82) is 0 Å². The van der Waals surface area contributed by atoms with Crippen LogP contribution < -0.4 is 0 Å². The van der Waals surface area contributed by atoms with E-state index in [2.05, 4.69) is 0 Å². The molecule has 0 radical (unpaired) electrons. The minimum Gasteiger partial charge on any atom is -0.481 e. The number of carboxylic acids is 1. The molecule has 2 unspecified atom stereocenters. The lowest BCUT2D eigenvalue weighted by Crippen LogP contribution is -2.35. The topological polar surface area (TPSA) is 54.4 Å². The van der Waals surface area contributed by atoms with Crippen molar-refractivity contribution >= 4 is 11.8 Å². The molecule has 0 aliphatic heterocycles. The van der Waals surface area contributed by atoms with Crippen LogP contribution in [0.1, 0.15) is 33.6 Å². The van der Waals surface area contributed by atoms with Crippen LogP contribution in [0.2, 0.25) is 0 Å². The van der Waals surface area contributed by atoms with Gasteiger partial charge in [0.05, 0.1) is 0 Å². The minimum atomic E-state index is -0.934. The zero-order chi connectivity index (χ0) is 10.7. The fourth-order valence-electron chi connectivity index (χ4n) is 3.37. The van der Waals surface area contributed by atoms with Crippen LogP contribution in [0.25, 0.3) is 0 Å². The molecule has 2 rings (SSSR count). The highest BCUT2D eigenvalue weighted by Crippen LogP contribution is 2.65. The summed E-state index contributed by atoms with van der Waals surface area (Å²) in [6.07, 6.45) is 1.74. The summed E-state index contributed by atoms with van der Waals surface area (Å²) in [7, 11) is 0. The van der Waals surface area contributed by atoms with Gasteiger partial charge in [-0.15, -0.1) is 0 Å². The Morgan fingerprint density at radius 3 is 2.29 bits per heavy atom. The van der Waals surface area contributed by atoms with E-state index in [-0.39, 0.29) is 17.1 Å². The van der Waals surface area contributed by atoms with Crippen molar-refractivity contribution in [3.63, 3.8) is 0 Å². The third-order valence-corrected chi connectivity index (χ3v) is 4.80. The average Bonchev–Trinajstić information content (AvgIpc) is 2.35. The molecule has 2 bridgehead atoms. The van der Waals surface area contributed by atoms with Crippen LogP contribution in [0.3, 0.4) is 0 Å². The summed E-state index contributed by atoms with van der Waals surface area (Å²) in [6.45, 7) is 6.00. The Morgan fingerprint density at radius 2 is 2.00 bits per heavy atom. The Balaban J connectivity index is 2.49.